The highest BCUT2D eigenvalue weighted by atomic mass is 28.3. The third kappa shape index (κ3) is 9.96. The van der Waals surface area contributed by atoms with E-state index in [0.29, 0.717) is 6.61 Å². The molecule has 0 saturated heterocycles. The van der Waals surface area contributed by atoms with Gasteiger partial charge < -0.3 is 9.47 Å². The van der Waals surface area contributed by atoms with Crippen molar-refractivity contribution >= 4 is 14.0 Å². The zero-order valence-electron chi connectivity index (χ0n) is 22.1. The van der Waals surface area contributed by atoms with Gasteiger partial charge in [-0.25, -0.2) is 4.79 Å². The molecular formula is C29H46O3Si. The van der Waals surface area contributed by atoms with Gasteiger partial charge in [0, 0.05) is 17.2 Å². The molecule has 0 bridgehead atoms. The van der Waals surface area contributed by atoms with Crippen LogP contribution in [-0.4, -0.2) is 26.3 Å². The molecule has 0 heterocycles. The van der Waals surface area contributed by atoms with E-state index < -0.39 is 8.07 Å². The zero-order chi connectivity index (χ0) is 24.3. The number of ether oxygens (including phenoxy) is 2. The van der Waals surface area contributed by atoms with Crippen molar-refractivity contribution in [2.24, 2.45) is 0 Å². The first-order valence-electron chi connectivity index (χ1n) is 13.2. The largest absolute Gasteiger partial charge is 0.487 e. The average Bonchev–Trinajstić information content (AvgIpc) is 2.88. The Labute approximate surface area is 204 Å². The second kappa shape index (κ2) is 13.2. The monoisotopic (exact) mass is 470 g/mol. The lowest BCUT2D eigenvalue weighted by molar-refractivity contribution is -0.137. The maximum atomic E-state index is 12.2. The Hall–Kier alpha value is -1.73. The number of hydrogen-bond acceptors (Lipinski definition) is 3. The average molecular weight is 471 g/mol. The smallest absolute Gasteiger partial charge is 0.331 e. The molecule has 2 aliphatic carbocycles. The van der Waals surface area contributed by atoms with Gasteiger partial charge in [0.25, 0.3) is 0 Å². The second-order valence-corrected chi connectivity index (χ2v) is 15.6. The van der Waals surface area contributed by atoms with Crippen LogP contribution in [0.1, 0.15) is 97.8 Å². The highest BCUT2D eigenvalue weighted by Crippen LogP contribution is 2.38. The van der Waals surface area contributed by atoms with Crippen LogP contribution in [-0.2, 0) is 14.3 Å². The SMILES string of the molecule is CCCCCCC1=C(C#C[Si](C)(C)C)CC/C(=C\C(=O)OCC)C=C1OC1(C)CCCCC1. The standard InChI is InChI=1S/C29H46O3Si/c1-7-9-10-12-15-26-25(18-21-33(4,5)6)17-16-24(23-28(30)31-8-2)22-27(26)32-29(3)19-13-11-14-20-29/h22-23H,7-17,19-20H2,1-6H3/b24-23+. The number of esters is 1. The van der Waals surface area contributed by atoms with E-state index in [0.717, 1.165) is 49.9 Å². The Bertz CT molecular complexity index is 808. The summed E-state index contributed by atoms with van der Waals surface area (Å²) in [5.41, 5.74) is 6.93. The maximum Gasteiger partial charge on any atom is 0.331 e. The normalized spacial score (nSPS) is 19.9. The number of unbranched alkanes of at least 4 members (excludes halogenated alkanes) is 3. The number of hydrogen-bond donors (Lipinski definition) is 0. The van der Waals surface area contributed by atoms with Gasteiger partial charge in [0.05, 0.1) is 6.61 Å². The minimum atomic E-state index is -1.51. The van der Waals surface area contributed by atoms with Crippen molar-refractivity contribution in [3.63, 3.8) is 0 Å². The predicted octanol–water partition coefficient (Wildman–Crippen LogP) is 8.04. The molecule has 0 aromatic carbocycles. The number of allylic oxidation sites excluding steroid dienone is 4. The molecule has 1 saturated carbocycles. The quantitative estimate of drug-likeness (QED) is 0.112. The predicted molar refractivity (Wildman–Crippen MR) is 142 cm³/mol. The molecule has 0 radical (unpaired) electrons. The van der Waals surface area contributed by atoms with Crippen LogP contribution in [0.25, 0.3) is 0 Å². The Morgan fingerprint density at radius 2 is 1.82 bits per heavy atom. The Balaban J connectivity index is 2.49. The molecule has 3 nitrogen and oxygen atoms in total. The lowest BCUT2D eigenvalue weighted by Crippen LogP contribution is -2.31. The fraction of sp³-hybridized carbons (Fsp3) is 0.690. The van der Waals surface area contributed by atoms with Gasteiger partial charge in [-0.3, -0.25) is 0 Å². The maximum absolute atomic E-state index is 12.2. The van der Waals surface area contributed by atoms with Gasteiger partial charge in [-0.15, -0.1) is 5.54 Å². The van der Waals surface area contributed by atoms with Gasteiger partial charge in [-0.2, -0.15) is 0 Å². The highest BCUT2D eigenvalue weighted by molar-refractivity contribution is 6.83. The molecule has 2 aliphatic rings. The van der Waals surface area contributed by atoms with Gasteiger partial charge in [0.2, 0.25) is 0 Å². The van der Waals surface area contributed by atoms with E-state index in [2.05, 4.69) is 51.0 Å². The summed E-state index contributed by atoms with van der Waals surface area (Å²) in [4.78, 5) is 12.2. The first-order valence-corrected chi connectivity index (χ1v) is 16.7. The molecule has 184 valence electrons. The third-order valence-electron chi connectivity index (χ3n) is 6.37. The van der Waals surface area contributed by atoms with Crippen LogP contribution in [0.2, 0.25) is 19.6 Å². The summed E-state index contributed by atoms with van der Waals surface area (Å²) in [6, 6.07) is 0. The molecule has 0 amide bonds. The summed E-state index contributed by atoms with van der Waals surface area (Å²) in [5, 5.41) is 0. The minimum Gasteiger partial charge on any atom is -0.487 e. The summed E-state index contributed by atoms with van der Waals surface area (Å²) in [7, 11) is -1.51. The minimum absolute atomic E-state index is 0.143. The van der Waals surface area contributed by atoms with E-state index in [9.17, 15) is 4.79 Å². The number of carbonyl (C=O) groups is 1. The van der Waals surface area contributed by atoms with E-state index in [4.69, 9.17) is 9.47 Å². The summed E-state index contributed by atoms with van der Waals surface area (Å²) < 4.78 is 12.1. The van der Waals surface area contributed by atoms with Crippen LogP contribution in [0, 0.1) is 11.5 Å². The molecule has 1 fully saturated rings. The van der Waals surface area contributed by atoms with Crippen LogP contribution >= 0.6 is 0 Å². The topological polar surface area (TPSA) is 35.5 Å². The van der Waals surface area contributed by atoms with Crippen molar-refractivity contribution in [3.05, 3.63) is 34.6 Å². The Kier molecular flexibility index (Phi) is 11.0. The molecule has 2 rings (SSSR count). The molecule has 0 spiro atoms. The summed E-state index contributed by atoms with van der Waals surface area (Å²) in [6.07, 6.45) is 17.2. The van der Waals surface area contributed by atoms with Crippen molar-refractivity contribution in [1.29, 1.82) is 0 Å². The summed E-state index contributed by atoms with van der Waals surface area (Å²) in [5.74, 6) is 4.28. The van der Waals surface area contributed by atoms with Gasteiger partial charge in [0.1, 0.15) is 19.4 Å². The van der Waals surface area contributed by atoms with Crippen LogP contribution < -0.4 is 0 Å². The highest BCUT2D eigenvalue weighted by Gasteiger charge is 2.31. The van der Waals surface area contributed by atoms with Crippen LogP contribution in [0.4, 0.5) is 0 Å². The van der Waals surface area contributed by atoms with E-state index in [1.54, 1.807) is 6.08 Å². The van der Waals surface area contributed by atoms with Gasteiger partial charge in [-0.1, -0.05) is 58.2 Å². The van der Waals surface area contributed by atoms with Gasteiger partial charge >= 0.3 is 5.97 Å². The first kappa shape index (κ1) is 27.5. The van der Waals surface area contributed by atoms with Crippen molar-refractivity contribution in [2.75, 3.05) is 6.61 Å². The molecule has 0 atom stereocenters. The van der Waals surface area contributed by atoms with Gasteiger partial charge in [0.15, 0.2) is 0 Å². The molecule has 33 heavy (non-hydrogen) atoms. The molecule has 0 aromatic heterocycles. The van der Waals surface area contributed by atoms with Crippen molar-refractivity contribution in [2.45, 2.75) is 123 Å². The van der Waals surface area contributed by atoms with E-state index in [-0.39, 0.29) is 11.6 Å². The summed E-state index contributed by atoms with van der Waals surface area (Å²) in [6.45, 7) is 13.6. The van der Waals surface area contributed by atoms with E-state index in [1.807, 2.05) is 6.92 Å². The first-order chi connectivity index (χ1) is 15.7. The molecular weight excluding hydrogens is 424 g/mol. The second-order valence-electron chi connectivity index (χ2n) is 10.9. The lowest BCUT2D eigenvalue weighted by Gasteiger charge is -2.36. The van der Waals surface area contributed by atoms with Crippen LogP contribution in [0.15, 0.2) is 34.6 Å². The van der Waals surface area contributed by atoms with Crippen molar-refractivity contribution in [1.82, 2.24) is 0 Å². The molecule has 0 unspecified atom stereocenters. The van der Waals surface area contributed by atoms with Crippen LogP contribution in [0.3, 0.4) is 0 Å². The molecule has 0 aliphatic heterocycles. The number of carbonyl (C=O) groups excluding carboxylic acids is 1. The van der Waals surface area contributed by atoms with E-state index >= 15 is 0 Å². The molecule has 0 aromatic rings. The fourth-order valence-corrected chi connectivity index (χ4v) is 5.03. The molecule has 0 N–H and O–H groups in total. The van der Waals surface area contributed by atoms with Gasteiger partial charge in [-0.05, 0) is 76.9 Å². The van der Waals surface area contributed by atoms with Crippen molar-refractivity contribution in [3.8, 4) is 11.5 Å². The fourth-order valence-electron chi connectivity index (χ4n) is 4.51. The Morgan fingerprint density at radius 3 is 2.45 bits per heavy atom. The van der Waals surface area contributed by atoms with Crippen LogP contribution in [0.5, 0.6) is 0 Å². The molecule has 4 heteroatoms. The lowest BCUT2D eigenvalue weighted by atomic mass is 9.86. The Morgan fingerprint density at radius 1 is 1.09 bits per heavy atom. The number of rotatable bonds is 9. The zero-order valence-corrected chi connectivity index (χ0v) is 23.1. The summed E-state index contributed by atoms with van der Waals surface area (Å²) >= 11 is 0. The van der Waals surface area contributed by atoms with E-state index in [1.165, 1.54) is 49.7 Å². The third-order valence-corrected chi connectivity index (χ3v) is 7.24. The van der Waals surface area contributed by atoms with Crippen molar-refractivity contribution < 1.29 is 14.3 Å².